The highest BCUT2D eigenvalue weighted by Gasteiger charge is 2.14. The Morgan fingerprint density at radius 2 is 1.77 bits per heavy atom. The summed E-state index contributed by atoms with van der Waals surface area (Å²) in [6, 6.07) is 15.7. The Morgan fingerprint density at radius 3 is 2.42 bits per heavy atom. The SMILES string of the molecule is O=c1ccc(NS(=O)(=O)c2ccc(N=Cc3ccccc3Cl)cc2)n[nH]1. The third kappa shape index (κ3) is 4.35. The van der Waals surface area contributed by atoms with Crippen LogP contribution in [0, 0.1) is 0 Å². The highest BCUT2D eigenvalue weighted by atomic mass is 35.5. The van der Waals surface area contributed by atoms with E-state index < -0.39 is 15.6 Å². The van der Waals surface area contributed by atoms with E-state index in [2.05, 4.69) is 19.9 Å². The van der Waals surface area contributed by atoms with E-state index in [0.717, 1.165) is 5.56 Å². The molecule has 1 aromatic heterocycles. The molecular formula is C17H13ClN4O3S. The molecular weight excluding hydrogens is 376 g/mol. The van der Waals surface area contributed by atoms with Crippen molar-refractivity contribution in [3.05, 3.63) is 81.6 Å². The molecule has 0 atom stereocenters. The number of hydrogen-bond acceptors (Lipinski definition) is 5. The lowest BCUT2D eigenvalue weighted by molar-refractivity contribution is 0.601. The Morgan fingerprint density at radius 1 is 1.04 bits per heavy atom. The van der Waals surface area contributed by atoms with E-state index in [-0.39, 0.29) is 10.7 Å². The van der Waals surface area contributed by atoms with Crippen LogP contribution in [0.4, 0.5) is 11.5 Å². The van der Waals surface area contributed by atoms with Crippen molar-refractivity contribution >= 4 is 39.3 Å². The maximum Gasteiger partial charge on any atom is 0.264 e. The Bertz CT molecular complexity index is 1090. The highest BCUT2D eigenvalue weighted by Crippen LogP contribution is 2.19. The number of benzene rings is 2. The van der Waals surface area contributed by atoms with E-state index >= 15 is 0 Å². The number of aromatic nitrogens is 2. The van der Waals surface area contributed by atoms with Crippen molar-refractivity contribution in [2.45, 2.75) is 4.90 Å². The van der Waals surface area contributed by atoms with Crippen LogP contribution in [0.1, 0.15) is 5.56 Å². The van der Waals surface area contributed by atoms with Crippen molar-refractivity contribution < 1.29 is 8.42 Å². The van der Waals surface area contributed by atoms with Crippen molar-refractivity contribution in [1.82, 2.24) is 10.2 Å². The van der Waals surface area contributed by atoms with Crippen LogP contribution in [-0.4, -0.2) is 24.8 Å². The largest absolute Gasteiger partial charge is 0.268 e. The number of nitrogens with zero attached hydrogens (tertiary/aromatic N) is 2. The molecule has 0 radical (unpaired) electrons. The van der Waals surface area contributed by atoms with Crippen LogP contribution in [-0.2, 0) is 10.0 Å². The average molecular weight is 389 g/mol. The van der Waals surface area contributed by atoms with Gasteiger partial charge in [0.1, 0.15) is 0 Å². The molecule has 2 N–H and O–H groups in total. The van der Waals surface area contributed by atoms with Crippen molar-refractivity contribution in [2.75, 3.05) is 4.72 Å². The monoisotopic (exact) mass is 388 g/mol. The summed E-state index contributed by atoms with van der Waals surface area (Å²) in [6.45, 7) is 0. The predicted molar refractivity (Wildman–Crippen MR) is 101 cm³/mol. The maximum atomic E-state index is 12.3. The van der Waals surface area contributed by atoms with Crippen LogP contribution >= 0.6 is 11.6 Å². The summed E-state index contributed by atoms with van der Waals surface area (Å²) in [7, 11) is -3.82. The van der Waals surface area contributed by atoms with Gasteiger partial charge in [-0.1, -0.05) is 29.8 Å². The fourth-order valence-electron chi connectivity index (χ4n) is 2.03. The number of rotatable bonds is 5. The summed E-state index contributed by atoms with van der Waals surface area (Å²) >= 11 is 6.06. The van der Waals surface area contributed by atoms with Gasteiger partial charge in [0, 0.05) is 22.9 Å². The molecule has 0 saturated heterocycles. The van der Waals surface area contributed by atoms with Crippen molar-refractivity contribution in [3.8, 4) is 0 Å². The van der Waals surface area contributed by atoms with Crippen molar-refractivity contribution in [3.63, 3.8) is 0 Å². The van der Waals surface area contributed by atoms with Gasteiger partial charge in [-0.05, 0) is 36.4 Å². The first-order valence-electron chi connectivity index (χ1n) is 7.41. The molecule has 132 valence electrons. The minimum Gasteiger partial charge on any atom is -0.268 e. The Kier molecular flexibility index (Phi) is 5.15. The molecule has 1 heterocycles. The van der Waals surface area contributed by atoms with Gasteiger partial charge in [-0.2, -0.15) is 5.10 Å². The van der Waals surface area contributed by atoms with Gasteiger partial charge in [0.05, 0.1) is 10.6 Å². The summed E-state index contributed by atoms with van der Waals surface area (Å²) < 4.78 is 26.9. The predicted octanol–water partition coefficient (Wildman–Crippen LogP) is 2.97. The number of H-pyrrole nitrogens is 1. The molecule has 0 amide bonds. The summed E-state index contributed by atoms with van der Waals surface area (Å²) in [5.74, 6) is 0.0189. The lowest BCUT2D eigenvalue weighted by atomic mass is 10.2. The topological polar surface area (TPSA) is 104 Å². The zero-order chi connectivity index (χ0) is 18.6. The Hall–Kier alpha value is -2.97. The molecule has 7 nitrogen and oxygen atoms in total. The zero-order valence-electron chi connectivity index (χ0n) is 13.3. The zero-order valence-corrected chi connectivity index (χ0v) is 14.8. The minimum absolute atomic E-state index is 0.0189. The molecule has 0 saturated carbocycles. The summed E-state index contributed by atoms with van der Waals surface area (Å²) in [5, 5.41) is 6.35. The van der Waals surface area contributed by atoms with Crippen molar-refractivity contribution in [1.29, 1.82) is 0 Å². The van der Waals surface area contributed by atoms with E-state index in [0.29, 0.717) is 10.7 Å². The molecule has 3 aromatic rings. The van der Waals surface area contributed by atoms with Gasteiger partial charge < -0.3 is 0 Å². The maximum absolute atomic E-state index is 12.3. The molecule has 26 heavy (non-hydrogen) atoms. The van der Waals surface area contributed by atoms with E-state index in [1.807, 2.05) is 18.2 Å². The van der Waals surface area contributed by atoms with Crippen LogP contribution in [0.25, 0.3) is 0 Å². The first kappa shape index (κ1) is 17.8. The molecule has 9 heteroatoms. The number of aliphatic imine (C=N–C) groups is 1. The number of aromatic amines is 1. The molecule has 0 aliphatic rings. The molecule has 2 aromatic carbocycles. The molecule has 0 aliphatic carbocycles. The number of sulfonamides is 1. The van der Waals surface area contributed by atoms with Gasteiger partial charge in [-0.3, -0.25) is 14.5 Å². The molecule has 0 aliphatic heterocycles. The average Bonchev–Trinajstić information content (AvgIpc) is 2.63. The Balaban J connectivity index is 1.77. The van der Waals surface area contributed by atoms with Crippen LogP contribution in [0.3, 0.4) is 0 Å². The van der Waals surface area contributed by atoms with Crippen LogP contribution in [0.15, 0.2) is 75.3 Å². The third-order valence-corrected chi connectivity index (χ3v) is 5.04. The van der Waals surface area contributed by atoms with Gasteiger partial charge in [0.2, 0.25) is 0 Å². The quantitative estimate of drug-likeness (QED) is 0.655. The molecule has 0 fully saturated rings. The second kappa shape index (κ2) is 7.51. The summed E-state index contributed by atoms with van der Waals surface area (Å²) in [6.07, 6.45) is 1.61. The highest BCUT2D eigenvalue weighted by molar-refractivity contribution is 7.92. The summed E-state index contributed by atoms with van der Waals surface area (Å²) in [4.78, 5) is 15.3. The Labute approximate surface area is 154 Å². The number of hydrogen-bond donors (Lipinski definition) is 2. The first-order valence-corrected chi connectivity index (χ1v) is 9.27. The first-order chi connectivity index (χ1) is 12.4. The fraction of sp³-hybridized carbons (Fsp3) is 0. The summed E-state index contributed by atoms with van der Waals surface area (Å²) in [5.41, 5.74) is 0.913. The molecule has 0 spiro atoms. The lowest BCUT2D eigenvalue weighted by Gasteiger charge is -2.06. The van der Waals surface area contributed by atoms with Crippen LogP contribution < -0.4 is 10.3 Å². The number of anilines is 1. The third-order valence-electron chi connectivity index (χ3n) is 3.32. The fourth-order valence-corrected chi connectivity index (χ4v) is 3.22. The molecule has 0 bridgehead atoms. The van der Waals surface area contributed by atoms with Gasteiger partial charge in [0.25, 0.3) is 15.6 Å². The van der Waals surface area contributed by atoms with Gasteiger partial charge in [0.15, 0.2) is 5.82 Å². The van der Waals surface area contributed by atoms with Crippen LogP contribution in [0.5, 0.6) is 0 Å². The van der Waals surface area contributed by atoms with E-state index in [1.54, 1.807) is 24.4 Å². The van der Waals surface area contributed by atoms with Gasteiger partial charge in [-0.25, -0.2) is 13.5 Å². The molecule has 0 unspecified atom stereocenters. The van der Waals surface area contributed by atoms with E-state index in [1.165, 1.54) is 24.3 Å². The lowest BCUT2D eigenvalue weighted by Crippen LogP contribution is -2.16. The standard InChI is InChI=1S/C17H13ClN4O3S/c18-15-4-2-1-3-12(15)11-19-13-5-7-14(8-6-13)26(24,25)22-16-9-10-17(23)21-20-16/h1-11H,(H,20,22)(H,21,23). The molecule has 3 rings (SSSR count). The normalized spacial score (nSPS) is 11.6. The van der Waals surface area contributed by atoms with E-state index in [4.69, 9.17) is 11.6 Å². The second-order valence-electron chi connectivity index (χ2n) is 5.19. The van der Waals surface area contributed by atoms with Crippen LogP contribution in [0.2, 0.25) is 5.02 Å². The second-order valence-corrected chi connectivity index (χ2v) is 7.28. The van der Waals surface area contributed by atoms with Crippen molar-refractivity contribution in [2.24, 2.45) is 4.99 Å². The van der Waals surface area contributed by atoms with E-state index in [9.17, 15) is 13.2 Å². The minimum atomic E-state index is -3.82. The number of halogens is 1. The van der Waals surface area contributed by atoms with Gasteiger partial charge >= 0.3 is 0 Å². The van der Waals surface area contributed by atoms with Gasteiger partial charge in [-0.15, -0.1) is 0 Å². The smallest absolute Gasteiger partial charge is 0.264 e. The number of nitrogens with one attached hydrogen (secondary N) is 2.